The summed E-state index contributed by atoms with van der Waals surface area (Å²) < 4.78 is 47.9. The molecule has 2 aliphatic heterocycles. The number of aromatic nitrogens is 2. The first-order valence-electron chi connectivity index (χ1n) is 14.2. The molecule has 0 bridgehead atoms. The first kappa shape index (κ1) is 27.5. The third kappa shape index (κ3) is 6.56. The van der Waals surface area contributed by atoms with E-state index in [1.54, 1.807) is 6.07 Å². The van der Waals surface area contributed by atoms with Gasteiger partial charge in [0.05, 0.1) is 12.2 Å². The number of hydrogen-bond acceptors (Lipinski definition) is 5. The van der Waals surface area contributed by atoms with Crippen molar-refractivity contribution < 1.29 is 22.7 Å². The van der Waals surface area contributed by atoms with Crippen LogP contribution in [0, 0.1) is 11.8 Å². The van der Waals surface area contributed by atoms with Gasteiger partial charge in [0.25, 0.3) is 0 Å². The minimum atomic E-state index is -4.51. The molecule has 1 atom stereocenters. The van der Waals surface area contributed by atoms with Crippen LogP contribution in [0.2, 0.25) is 0 Å². The minimum Gasteiger partial charge on any atom is -0.493 e. The van der Waals surface area contributed by atoms with Crippen molar-refractivity contribution in [3.8, 4) is 5.75 Å². The van der Waals surface area contributed by atoms with Gasteiger partial charge in [0.15, 0.2) is 0 Å². The maximum absolute atomic E-state index is 14.0. The predicted molar refractivity (Wildman–Crippen MR) is 144 cm³/mol. The molecule has 5 rings (SSSR count). The molecular weight excluding hydrogens is 505 g/mol. The van der Waals surface area contributed by atoms with Crippen LogP contribution in [-0.4, -0.2) is 53.6 Å². The fraction of sp³-hybridized carbons (Fsp3) is 0.567. The normalized spacial score (nSPS) is 20.7. The molecule has 3 heterocycles. The summed E-state index contributed by atoms with van der Waals surface area (Å²) in [4.78, 5) is 25.6. The highest BCUT2D eigenvalue weighted by molar-refractivity contribution is 5.81. The van der Waals surface area contributed by atoms with Crippen LogP contribution < -0.4 is 9.64 Å². The number of hydrogen-bond donors (Lipinski definition) is 0. The van der Waals surface area contributed by atoms with Gasteiger partial charge in [-0.05, 0) is 86.1 Å². The van der Waals surface area contributed by atoms with E-state index in [-0.39, 0.29) is 30.1 Å². The van der Waals surface area contributed by atoms with E-state index in [9.17, 15) is 18.0 Å². The van der Waals surface area contributed by atoms with Crippen LogP contribution in [-0.2, 0) is 17.4 Å². The Balaban J connectivity index is 1.19. The molecule has 0 saturated carbocycles. The van der Waals surface area contributed by atoms with Gasteiger partial charge in [-0.3, -0.25) is 4.79 Å². The van der Waals surface area contributed by atoms with Crippen molar-refractivity contribution in [2.24, 2.45) is 11.8 Å². The highest BCUT2D eigenvalue weighted by Crippen LogP contribution is 2.40. The number of piperidine rings is 1. The van der Waals surface area contributed by atoms with Crippen LogP contribution in [0.4, 0.5) is 19.1 Å². The lowest BCUT2D eigenvalue weighted by molar-refractivity contribution is -0.139. The topological polar surface area (TPSA) is 58.6 Å². The molecule has 3 aliphatic rings. The molecule has 0 radical (unpaired) electrons. The smallest absolute Gasteiger partial charge is 0.419 e. The summed E-state index contributed by atoms with van der Waals surface area (Å²) in [6.45, 7) is 5.45. The van der Waals surface area contributed by atoms with Crippen molar-refractivity contribution in [1.29, 1.82) is 0 Å². The van der Waals surface area contributed by atoms with Crippen molar-refractivity contribution in [2.45, 2.75) is 64.5 Å². The standard InChI is InChI=1S/C30H37F3N4O2/c1-2-21-18-34-29(35-19-21)37-15-11-22(12-16-37)20-39-27-10-9-25(17-26(27)30(31,32)33)23-5-7-24(8-6-23)28(38)36-13-3-4-14-36/h5,9-10,17-19,22,24H,2-4,6-8,11-16,20H2,1H3. The minimum absolute atomic E-state index is 0.0646. The summed E-state index contributed by atoms with van der Waals surface area (Å²) in [5, 5.41) is 0. The second kappa shape index (κ2) is 12.0. The lowest BCUT2D eigenvalue weighted by Crippen LogP contribution is -2.36. The number of ether oxygens (including phenoxy) is 1. The number of benzene rings is 1. The summed E-state index contributed by atoms with van der Waals surface area (Å²) in [7, 11) is 0. The van der Waals surface area contributed by atoms with Gasteiger partial charge in [-0.25, -0.2) is 9.97 Å². The van der Waals surface area contributed by atoms with Crippen molar-refractivity contribution in [3.63, 3.8) is 0 Å². The Bertz CT molecular complexity index is 1170. The maximum Gasteiger partial charge on any atom is 0.419 e. The monoisotopic (exact) mass is 542 g/mol. The summed E-state index contributed by atoms with van der Waals surface area (Å²) in [5.74, 6) is 0.875. The fourth-order valence-electron chi connectivity index (χ4n) is 5.79. The third-order valence-corrected chi connectivity index (χ3v) is 8.31. The third-order valence-electron chi connectivity index (χ3n) is 8.31. The number of carbonyl (C=O) groups is 1. The van der Waals surface area contributed by atoms with E-state index >= 15 is 0 Å². The van der Waals surface area contributed by atoms with Gasteiger partial charge >= 0.3 is 6.18 Å². The van der Waals surface area contributed by atoms with Crippen LogP contribution in [0.1, 0.15) is 68.6 Å². The van der Waals surface area contributed by atoms with E-state index in [4.69, 9.17) is 4.74 Å². The Morgan fingerprint density at radius 1 is 1.05 bits per heavy atom. The average molecular weight is 543 g/mol. The van der Waals surface area contributed by atoms with Gasteiger partial charge in [-0.1, -0.05) is 19.1 Å². The zero-order valence-electron chi connectivity index (χ0n) is 22.6. The van der Waals surface area contributed by atoms with Crippen molar-refractivity contribution >= 4 is 17.4 Å². The molecule has 0 N–H and O–H groups in total. The molecule has 1 aliphatic carbocycles. The molecule has 39 heavy (non-hydrogen) atoms. The molecule has 1 amide bonds. The van der Waals surface area contributed by atoms with Gasteiger partial charge in [0, 0.05) is 44.5 Å². The second-order valence-corrected chi connectivity index (χ2v) is 10.9. The number of nitrogens with zero attached hydrogens (tertiary/aromatic N) is 4. The van der Waals surface area contributed by atoms with E-state index in [1.165, 1.54) is 12.1 Å². The molecule has 1 aromatic heterocycles. The predicted octanol–water partition coefficient (Wildman–Crippen LogP) is 6.16. The van der Waals surface area contributed by atoms with Gasteiger partial charge < -0.3 is 14.5 Å². The molecule has 2 saturated heterocycles. The van der Waals surface area contributed by atoms with Crippen LogP contribution in [0.15, 0.2) is 36.7 Å². The van der Waals surface area contributed by atoms with Gasteiger partial charge in [0.2, 0.25) is 11.9 Å². The quantitative estimate of drug-likeness (QED) is 0.420. The molecule has 210 valence electrons. The first-order chi connectivity index (χ1) is 18.8. The van der Waals surface area contributed by atoms with E-state index in [0.29, 0.717) is 30.8 Å². The molecule has 2 fully saturated rings. The number of halogens is 3. The van der Waals surface area contributed by atoms with Crippen molar-refractivity contribution in [1.82, 2.24) is 14.9 Å². The van der Waals surface area contributed by atoms with E-state index in [2.05, 4.69) is 21.8 Å². The van der Waals surface area contributed by atoms with Crippen LogP contribution in [0.25, 0.3) is 5.57 Å². The maximum atomic E-state index is 14.0. The van der Waals surface area contributed by atoms with Gasteiger partial charge in [0.1, 0.15) is 5.75 Å². The largest absolute Gasteiger partial charge is 0.493 e. The molecule has 2 aromatic rings. The van der Waals surface area contributed by atoms with Crippen LogP contribution in [0.3, 0.4) is 0 Å². The lowest BCUT2D eigenvalue weighted by atomic mass is 9.85. The molecular formula is C30H37F3N4O2. The SMILES string of the molecule is CCc1cnc(N2CCC(COc3ccc(C4=CCC(C(=O)N5CCCC5)CC4)cc3C(F)(F)F)CC2)nc1. The summed E-state index contributed by atoms with van der Waals surface area (Å²) in [6.07, 6.45) is 7.58. The number of aryl methyl sites for hydroxylation is 1. The number of likely N-dealkylation sites (tertiary alicyclic amines) is 1. The first-order valence-corrected chi connectivity index (χ1v) is 14.2. The lowest BCUT2D eigenvalue weighted by Gasteiger charge is -2.32. The van der Waals surface area contributed by atoms with E-state index in [0.717, 1.165) is 69.4 Å². The molecule has 9 heteroatoms. The average Bonchev–Trinajstić information content (AvgIpc) is 3.51. The van der Waals surface area contributed by atoms with Crippen LogP contribution in [0.5, 0.6) is 5.75 Å². The van der Waals surface area contributed by atoms with Gasteiger partial charge in [-0.2, -0.15) is 13.2 Å². The molecule has 1 aromatic carbocycles. The molecule has 1 unspecified atom stereocenters. The number of rotatable bonds is 7. The van der Waals surface area contributed by atoms with Crippen molar-refractivity contribution in [3.05, 3.63) is 53.4 Å². The zero-order valence-corrected chi connectivity index (χ0v) is 22.6. The van der Waals surface area contributed by atoms with Crippen LogP contribution >= 0.6 is 0 Å². The van der Waals surface area contributed by atoms with E-state index in [1.807, 2.05) is 23.4 Å². The molecule has 0 spiro atoms. The highest BCUT2D eigenvalue weighted by Gasteiger charge is 2.36. The second-order valence-electron chi connectivity index (χ2n) is 10.9. The van der Waals surface area contributed by atoms with Crippen molar-refractivity contribution in [2.75, 3.05) is 37.7 Å². The molecule has 6 nitrogen and oxygen atoms in total. The number of carbonyl (C=O) groups excluding carboxylic acids is 1. The number of alkyl halides is 3. The Kier molecular flexibility index (Phi) is 8.43. The summed E-state index contributed by atoms with van der Waals surface area (Å²) in [5.41, 5.74) is 1.78. The van der Waals surface area contributed by atoms with E-state index < -0.39 is 11.7 Å². The number of amides is 1. The summed E-state index contributed by atoms with van der Waals surface area (Å²) >= 11 is 0. The Labute approximate surface area is 228 Å². The Morgan fingerprint density at radius 2 is 1.77 bits per heavy atom. The number of allylic oxidation sites excluding steroid dienone is 2. The van der Waals surface area contributed by atoms with Gasteiger partial charge in [-0.15, -0.1) is 0 Å². The highest BCUT2D eigenvalue weighted by atomic mass is 19.4. The Morgan fingerprint density at radius 3 is 2.38 bits per heavy atom. The Hall–Kier alpha value is -3.10. The summed E-state index contributed by atoms with van der Waals surface area (Å²) in [6, 6.07) is 4.39. The fourth-order valence-corrected chi connectivity index (χ4v) is 5.79. The zero-order chi connectivity index (χ0) is 27.4. The number of anilines is 1.